The number of anilines is 3. The van der Waals surface area contributed by atoms with E-state index in [1.165, 1.54) is 17.0 Å². The van der Waals surface area contributed by atoms with Crippen LogP contribution in [0, 0.1) is 13.8 Å². The molecule has 0 saturated carbocycles. The Balaban J connectivity index is 1.36. The summed E-state index contributed by atoms with van der Waals surface area (Å²) in [6, 6.07) is 17.2. The normalized spacial score (nSPS) is 15.2. The zero-order valence-electron chi connectivity index (χ0n) is 18.9. The zero-order chi connectivity index (χ0) is 24.0. The summed E-state index contributed by atoms with van der Waals surface area (Å²) in [4.78, 5) is 53.8. The van der Waals surface area contributed by atoms with E-state index in [1.807, 2.05) is 32.0 Å². The second kappa shape index (κ2) is 8.26. The molecule has 7 heteroatoms. The van der Waals surface area contributed by atoms with Crippen molar-refractivity contribution in [3.63, 3.8) is 0 Å². The minimum absolute atomic E-state index is 0.101. The number of carbonyl (C=O) groups is 4. The van der Waals surface area contributed by atoms with E-state index in [4.69, 9.17) is 0 Å². The van der Waals surface area contributed by atoms with E-state index in [1.54, 1.807) is 35.2 Å². The minimum atomic E-state index is -0.442. The lowest BCUT2D eigenvalue weighted by Gasteiger charge is -2.17. The van der Waals surface area contributed by atoms with Gasteiger partial charge in [0.25, 0.3) is 17.7 Å². The monoisotopic (exact) mass is 453 g/mol. The van der Waals surface area contributed by atoms with Gasteiger partial charge in [-0.2, -0.15) is 0 Å². The third-order valence-corrected chi connectivity index (χ3v) is 6.26. The average Bonchev–Trinajstić information content (AvgIpc) is 3.36. The van der Waals surface area contributed by atoms with Crippen molar-refractivity contribution in [3.8, 4) is 0 Å². The number of carbonyl (C=O) groups excluding carboxylic acids is 4. The van der Waals surface area contributed by atoms with Gasteiger partial charge >= 0.3 is 0 Å². The maximum absolute atomic E-state index is 13.1. The molecule has 0 radical (unpaired) electrons. The summed E-state index contributed by atoms with van der Waals surface area (Å²) in [6.07, 6.45) is 1.40. The number of amides is 4. The molecular formula is C27H23N3O4. The first-order valence-corrected chi connectivity index (χ1v) is 11.2. The van der Waals surface area contributed by atoms with Crippen LogP contribution in [0.2, 0.25) is 0 Å². The number of fused-ring (bicyclic) bond motifs is 1. The van der Waals surface area contributed by atoms with Gasteiger partial charge in [0, 0.05) is 29.9 Å². The van der Waals surface area contributed by atoms with Crippen LogP contribution < -0.4 is 15.1 Å². The van der Waals surface area contributed by atoms with E-state index in [0.29, 0.717) is 24.3 Å². The highest BCUT2D eigenvalue weighted by atomic mass is 16.2. The Labute approximate surface area is 197 Å². The molecule has 34 heavy (non-hydrogen) atoms. The van der Waals surface area contributed by atoms with Crippen LogP contribution in [0.15, 0.2) is 60.7 Å². The molecule has 3 aromatic carbocycles. The maximum atomic E-state index is 13.1. The van der Waals surface area contributed by atoms with Gasteiger partial charge in [-0.1, -0.05) is 12.1 Å². The molecular weight excluding hydrogens is 430 g/mol. The van der Waals surface area contributed by atoms with Gasteiger partial charge in [0.1, 0.15) is 0 Å². The molecule has 2 aliphatic rings. The second-order valence-corrected chi connectivity index (χ2v) is 8.65. The fourth-order valence-corrected chi connectivity index (χ4v) is 4.41. The Bertz CT molecular complexity index is 1360. The minimum Gasteiger partial charge on any atom is -0.322 e. The molecule has 1 saturated heterocycles. The van der Waals surface area contributed by atoms with Crippen LogP contribution in [0.4, 0.5) is 17.1 Å². The molecule has 1 fully saturated rings. The molecule has 2 heterocycles. The van der Waals surface area contributed by atoms with Crippen LogP contribution in [0.3, 0.4) is 0 Å². The molecule has 0 spiro atoms. The Morgan fingerprint density at radius 1 is 0.853 bits per heavy atom. The SMILES string of the molecule is Cc1ccc(C)c(N2C(=O)c3ccc(C(=O)Nc4ccc(N5CCCC5=O)cc4)cc3C2=O)c1. The molecule has 0 aliphatic carbocycles. The largest absolute Gasteiger partial charge is 0.322 e. The van der Waals surface area contributed by atoms with Crippen LogP contribution in [0.25, 0.3) is 0 Å². The molecule has 2 aliphatic heterocycles. The smallest absolute Gasteiger partial charge is 0.266 e. The van der Waals surface area contributed by atoms with E-state index in [-0.39, 0.29) is 22.6 Å². The molecule has 3 aromatic rings. The van der Waals surface area contributed by atoms with Gasteiger partial charge in [-0.25, -0.2) is 4.90 Å². The van der Waals surface area contributed by atoms with Gasteiger partial charge in [0.2, 0.25) is 5.91 Å². The zero-order valence-corrected chi connectivity index (χ0v) is 18.9. The molecule has 0 unspecified atom stereocenters. The molecule has 5 rings (SSSR count). The Kier molecular flexibility index (Phi) is 5.24. The van der Waals surface area contributed by atoms with Crippen LogP contribution >= 0.6 is 0 Å². The number of imide groups is 1. The number of nitrogens with one attached hydrogen (secondary N) is 1. The van der Waals surface area contributed by atoms with Crippen LogP contribution in [-0.2, 0) is 4.79 Å². The van der Waals surface area contributed by atoms with Crippen LogP contribution in [-0.4, -0.2) is 30.2 Å². The van der Waals surface area contributed by atoms with E-state index >= 15 is 0 Å². The lowest BCUT2D eigenvalue weighted by Crippen LogP contribution is -2.30. The maximum Gasteiger partial charge on any atom is 0.266 e. The summed E-state index contributed by atoms with van der Waals surface area (Å²) in [5.41, 5.74) is 4.45. The highest BCUT2D eigenvalue weighted by Gasteiger charge is 2.37. The van der Waals surface area contributed by atoms with Crippen molar-refractivity contribution in [3.05, 3.63) is 88.5 Å². The molecule has 0 aromatic heterocycles. The molecule has 0 atom stereocenters. The summed E-state index contributed by atoms with van der Waals surface area (Å²) >= 11 is 0. The molecule has 0 bridgehead atoms. The molecule has 7 nitrogen and oxygen atoms in total. The lowest BCUT2D eigenvalue weighted by molar-refractivity contribution is -0.117. The number of aryl methyl sites for hydroxylation is 2. The quantitative estimate of drug-likeness (QED) is 0.590. The van der Waals surface area contributed by atoms with E-state index in [9.17, 15) is 19.2 Å². The number of nitrogens with zero attached hydrogens (tertiary/aromatic N) is 2. The van der Waals surface area contributed by atoms with Gasteiger partial charge in [0.15, 0.2) is 0 Å². The summed E-state index contributed by atoms with van der Waals surface area (Å²) in [5, 5.41) is 2.81. The topological polar surface area (TPSA) is 86.8 Å². The number of hydrogen-bond acceptors (Lipinski definition) is 4. The first-order chi connectivity index (χ1) is 16.3. The number of rotatable bonds is 4. The van der Waals surface area contributed by atoms with Crippen molar-refractivity contribution in [2.24, 2.45) is 0 Å². The third-order valence-electron chi connectivity index (χ3n) is 6.26. The van der Waals surface area contributed by atoms with Crippen molar-refractivity contribution in [1.29, 1.82) is 0 Å². The molecule has 4 amide bonds. The Morgan fingerprint density at radius 3 is 2.29 bits per heavy atom. The van der Waals surface area contributed by atoms with Crippen molar-refractivity contribution >= 4 is 40.7 Å². The fourth-order valence-electron chi connectivity index (χ4n) is 4.41. The van der Waals surface area contributed by atoms with Crippen molar-refractivity contribution in [2.75, 3.05) is 21.7 Å². The van der Waals surface area contributed by atoms with E-state index in [2.05, 4.69) is 5.32 Å². The van der Waals surface area contributed by atoms with Crippen LogP contribution in [0.5, 0.6) is 0 Å². The number of hydrogen-bond donors (Lipinski definition) is 1. The fraction of sp³-hybridized carbons (Fsp3) is 0.185. The van der Waals surface area contributed by atoms with Crippen molar-refractivity contribution < 1.29 is 19.2 Å². The number of benzene rings is 3. The summed E-state index contributed by atoms with van der Waals surface area (Å²) in [5.74, 6) is -1.13. The summed E-state index contributed by atoms with van der Waals surface area (Å²) in [7, 11) is 0. The van der Waals surface area contributed by atoms with Crippen LogP contribution in [0.1, 0.15) is 55.0 Å². The third kappa shape index (κ3) is 3.65. The molecule has 1 N–H and O–H groups in total. The van der Waals surface area contributed by atoms with E-state index in [0.717, 1.165) is 23.2 Å². The predicted octanol–water partition coefficient (Wildman–Crippen LogP) is 4.48. The lowest BCUT2D eigenvalue weighted by atomic mass is 10.1. The van der Waals surface area contributed by atoms with Crippen molar-refractivity contribution in [2.45, 2.75) is 26.7 Å². The average molecular weight is 453 g/mol. The second-order valence-electron chi connectivity index (χ2n) is 8.65. The highest BCUT2D eigenvalue weighted by Crippen LogP contribution is 2.32. The van der Waals surface area contributed by atoms with E-state index < -0.39 is 17.7 Å². The Hall–Kier alpha value is -4.26. The van der Waals surface area contributed by atoms with Gasteiger partial charge in [-0.15, -0.1) is 0 Å². The van der Waals surface area contributed by atoms with Gasteiger partial charge < -0.3 is 10.2 Å². The first-order valence-electron chi connectivity index (χ1n) is 11.2. The van der Waals surface area contributed by atoms with Gasteiger partial charge in [0.05, 0.1) is 16.8 Å². The molecule has 170 valence electrons. The highest BCUT2D eigenvalue weighted by molar-refractivity contribution is 6.35. The predicted molar refractivity (Wildman–Crippen MR) is 129 cm³/mol. The van der Waals surface area contributed by atoms with Crippen molar-refractivity contribution in [1.82, 2.24) is 0 Å². The first kappa shape index (κ1) is 21.6. The summed E-state index contributed by atoms with van der Waals surface area (Å²) in [6.45, 7) is 4.45. The standard InChI is InChI=1S/C27H23N3O4/c1-16-5-6-17(2)23(14-16)30-26(33)21-12-7-18(15-22(21)27(30)34)25(32)28-19-8-10-20(11-9-19)29-13-3-4-24(29)31/h5-12,14-15H,3-4,13H2,1-2H3,(H,28,32). The van der Waals surface area contributed by atoms with Gasteiger partial charge in [-0.3, -0.25) is 19.2 Å². The Morgan fingerprint density at radius 2 is 1.59 bits per heavy atom. The summed E-state index contributed by atoms with van der Waals surface area (Å²) < 4.78 is 0. The van der Waals surface area contributed by atoms with Gasteiger partial charge in [-0.05, 0) is 79.9 Å².